The van der Waals surface area contributed by atoms with Crippen molar-refractivity contribution >= 4 is 5.97 Å². The van der Waals surface area contributed by atoms with E-state index in [0.29, 0.717) is 0 Å². The number of carboxylic acid groups (broad SMARTS) is 1. The van der Waals surface area contributed by atoms with Crippen molar-refractivity contribution in [1.82, 2.24) is 4.90 Å². The molecule has 2 rings (SSSR count). The molecule has 0 heterocycles. The number of hydrogen-bond donors (Lipinski definition) is 2. The van der Waals surface area contributed by atoms with E-state index < -0.39 is 35.6 Å². The molecule has 8 heteroatoms. The fourth-order valence-electron chi connectivity index (χ4n) is 3.34. The molecule has 2 N–H and O–H groups in total. The molecule has 0 saturated carbocycles. The molecule has 0 bridgehead atoms. The van der Waals surface area contributed by atoms with Crippen molar-refractivity contribution in [2.24, 2.45) is 5.92 Å². The summed E-state index contributed by atoms with van der Waals surface area (Å²) < 4.78 is 56.2. The molecule has 158 valence electrons. The van der Waals surface area contributed by atoms with E-state index in [1.165, 1.54) is 12.1 Å². The van der Waals surface area contributed by atoms with Gasteiger partial charge in [-0.25, -0.2) is 4.39 Å². The van der Waals surface area contributed by atoms with Gasteiger partial charge in [-0.2, -0.15) is 13.2 Å². The van der Waals surface area contributed by atoms with Crippen molar-refractivity contribution in [3.63, 3.8) is 0 Å². The topological polar surface area (TPSA) is 60.8 Å². The zero-order valence-electron chi connectivity index (χ0n) is 16.2. The first-order valence-corrected chi connectivity index (χ1v) is 9.02. The minimum atomic E-state index is -4.82. The maximum absolute atomic E-state index is 14.7. The van der Waals surface area contributed by atoms with Crippen molar-refractivity contribution in [2.75, 3.05) is 7.05 Å². The van der Waals surface area contributed by atoms with Crippen molar-refractivity contribution in [3.8, 4) is 16.9 Å². The Bertz CT molecular complexity index is 867. The number of carbonyl (C=O) groups is 1. The van der Waals surface area contributed by atoms with Crippen LogP contribution in [-0.2, 0) is 4.79 Å². The summed E-state index contributed by atoms with van der Waals surface area (Å²) in [4.78, 5) is 12.3. The smallest absolute Gasteiger partial charge is 0.408 e. The molecule has 2 aromatic rings. The lowest BCUT2D eigenvalue weighted by atomic mass is 9.96. The molecule has 0 saturated heterocycles. The van der Waals surface area contributed by atoms with Gasteiger partial charge in [-0.1, -0.05) is 44.2 Å². The highest BCUT2D eigenvalue weighted by Gasteiger charge is 2.47. The molecular formula is C21H23F4NO3. The highest BCUT2D eigenvalue weighted by molar-refractivity contribution is 5.73. The molecule has 0 aliphatic carbocycles. The molecule has 2 atom stereocenters. The summed E-state index contributed by atoms with van der Waals surface area (Å²) in [5, 5.41) is 19.3. The monoisotopic (exact) mass is 413 g/mol. The van der Waals surface area contributed by atoms with E-state index >= 15 is 0 Å². The lowest BCUT2D eigenvalue weighted by molar-refractivity contribution is -0.192. The summed E-state index contributed by atoms with van der Waals surface area (Å²) in [7, 11) is 1.08. The molecule has 1 unspecified atom stereocenters. The highest BCUT2D eigenvalue weighted by atomic mass is 19.4. The number of phenols is 1. The predicted molar refractivity (Wildman–Crippen MR) is 101 cm³/mol. The number of hydrogen-bond acceptors (Lipinski definition) is 3. The Morgan fingerprint density at radius 1 is 1.10 bits per heavy atom. The fourth-order valence-corrected chi connectivity index (χ4v) is 3.34. The molecule has 0 aliphatic heterocycles. The number of benzene rings is 2. The van der Waals surface area contributed by atoms with E-state index in [4.69, 9.17) is 0 Å². The van der Waals surface area contributed by atoms with Gasteiger partial charge in [-0.3, -0.25) is 9.69 Å². The van der Waals surface area contributed by atoms with Crippen LogP contribution in [0.25, 0.3) is 11.1 Å². The number of halogens is 4. The molecule has 29 heavy (non-hydrogen) atoms. The Kier molecular flexibility index (Phi) is 6.89. The third kappa shape index (κ3) is 5.26. The van der Waals surface area contributed by atoms with E-state index in [2.05, 4.69) is 0 Å². The Labute approximate surface area is 166 Å². The summed E-state index contributed by atoms with van der Waals surface area (Å²) in [6.45, 7) is 3.43. The van der Waals surface area contributed by atoms with Crippen LogP contribution in [0.2, 0.25) is 0 Å². The quantitative estimate of drug-likeness (QED) is 0.610. The molecule has 0 fully saturated rings. The number of para-hydroxylation sites is 1. The van der Waals surface area contributed by atoms with Gasteiger partial charge in [0.1, 0.15) is 23.7 Å². The summed E-state index contributed by atoms with van der Waals surface area (Å²) in [6, 6.07) is 5.22. The first-order chi connectivity index (χ1) is 13.4. The lowest BCUT2D eigenvalue weighted by Gasteiger charge is -2.35. The number of rotatable bonds is 7. The van der Waals surface area contributed by atoms with Crippen molar-refractivity contribution in [1.29, 1.82) is 0 Å². The van der Waals surface area contributed by atoms with Gasteiger partial charge in [0.2, 0.25) is 0 Å². The molecule has 0 radical (unpaired) electrons. The van der Waals surface area contributed by atoms with Crippen LogP contribution in [-0.4, -0.2) is 40.3 Å². The molecule has 0 aromatic heterocycles. The van der Waals surface area contributed by atoms with Crippen LogP contribution in [0.15, 0.2) is 42.5 Å². The van der Waals surface area contributed by atoms with E-state index in [1.807, 2.05) is 0 Å². The van der Waals surface area contributed by atoms with Crippen molar-refractivity contribution in [2.45, 2.75) is 38.5 Å². The van der Waals surface area contributed by atoms with Crippen LogP contribution >= 0.6 is 0 Å². The lowest BCUT2D eigenvalue weighted by Crippen LogP contribution is -2.46. The molecule has 2 aromatic carbocycles. The molecule has 0 spiro atoms. The Morgan fingerprint density at radius 2 is 1.72 bits per heavy atom. The van der Waals surface area contributed by atoms with E-state index in [-0.39, 0.29) is 29.2 Å². The third-order valence-electron chi connectivity index (χ3n) is 4.69. The van der Waals surface area contributed by atoms with E-state index in [1.54, 1.807) is 26.0 Å². The van der Waals surface area contributed by atoms with Gasteiger partial charge in [-0.05, 0) is 37.1 Å². The maximum Gasteiger partial charge on any atom is 0.408 e. The number of likely N-dealkylation sites (N-methyl/N-ethyl adjacent to an activating group) is 1. The van der Waals surface area contributed by atoms with Gasteiger partial charge >= 0.3 is 12.1 Å². The first kappa shape index (κ1) is 22.7. The van der Waals surface area contributed by atoms with E-state index in [9.17, 15) is 32.6 Å². The molecule has 4 nitrogen and oxygen atoms in total. The van der Waals surface area contributed by atoms with Gasteiger partial charge in [0, 0.05) is 11.1 Å². The first-order valence-electron chi connectivity index (χ1n) is 9.02. The van der Waals surface area contributed by atoms with Gasteiger partial charge in [0.15, 0.2) is 0 Å². The average Bonchev–Trinajstić information content (AvgIpc) is 2.59. The molecular weight excluding hydrogens is 390 g/mol. The van der Waals surface area contributed by atoms with Crippen LogP contribution in [0.1, 0.15) is 31.9 Å². The third-order valence-corrected chi connectivity index (χ3v) is 4.69. The zero-order chi connectivity index (χ0) is 21.9. The minimum Gasteiger partial charge on any atom is -0.507 e. The van der Waals surface area contributed by atoms with E-state index in [0.717, 1.165) is 30.1 Å². The summed E-state index contributed by atoms with van der Waals surface area (Å²) in [6.07, 6.45) is -4.81. The minimum absolute atomic E-state index is 0.0108. The normalized spacial score (nSPS) is 14.2. The van der Waals surface area contributed by atoms with Crippen LogP contribution in [0.5, 0.6) is 5.75 Å². The number of phenolic OH excluding ortho intramolecular Hbond substituents is 1. The number of carboxylic acids is 1. The average molecular weight is 413 g/mol. The van der Waals surface area contributed by atoms with Gasteiger partial charge in [0.25, 0.3) is 0 Å². The van der Waals surface area contributed by atoms with Gasteiger partial charge in [-0.15, -0.1) is 0 Å². The second kappa shape index (κ2) is 8.82. The van der Waals surface area contributed by atoms with Gasteiger partial charge in [0.05, 0.1) is 0 Å². The van der Waals surface area contributed by atoms with Gasteiger partial charge < -0.3 is 10.2 Å². The van der Waals surface area contributed by atoms with Crippen LogP contribution in [0.4, 0.5) is 17.6 Å². The second-order valence-electron chi connectivity index (χ2n) is 7.35. The SMILES string of the molecule is CC(C)C[C@@H](C(=O)O)N(C)C(c1ccc(-c2ccccc2O)c(F)c1)C(F)(F)F. The largest absolute Gasteiger partial charge is 0.507 e. The number of nitrogens with zero attached hydrogens (tertiary/aromatic N) is 1. The molecule has 0 aliphatic rings. The summed E-state index contributed by atoms with van der Waals surface area (Å²) >= 11 is 0. The maximum atomic E-state index is 14.7. The molecule has 0 amide bonds. The number of aliphatic carboxylic acids is 1. The zero-order valence-corrected chi connectivity index (χ0v) is 16.2. The number of aromatic hydroxyl groups is 1. The summed E-state index contributed by atoms with van der Waals surface area (Å²) in [5.41, 5.74) is -0.309. The van der Waals surface area contributed by atoms with Crippen molar-refractivity contribution < 1.29 is 32.6 Å². The van der Waals surface area contributed by atoms with Crippen LogP contribution < -0.4 is 0 Å². The number of alkyl halides is 3. The van der Waals surface area contributed by atoms with Crippen LogP contribution in [0.3, 0.4) is 0 Å². The Balaban J connectivity index is 2.50. The predicted octanol–water partition coefficient (Wildman–Crippen LogP) is 5.23. The summed E-state index contributed by atoms with van der Waals surface area (Å²) in [5.74, 6) is -2.66. The highest BCUT2D eigenvalue weighted by Crippen LogP contribution is 2.40. The fraction of sp³-hybridized carbons (Fsp3) is 0.381. The Morgan fingerprint density at radius 3 is 2.21 bits per heavy atom. The standard InChI is InChI=1S/C21H23F4NO3/c1-12(2)10-17(20(28)29)26(3)19(21(23,24)25)13-8-9-14(16(22)11-13)15-6-4-5-7-18(15)27/h4-9,11-12,17,19,27H,10H2,1-3H3,(H,28,29)/t17-,19?/m0/s1. The van der Waals surface area contributed by atoms with Crippen molar-refractivity contribution in [3.05, 3.63) is 53.8 Å². The van der Waals surface area contributed by atoms with Crippen LogP contribution in [0, 0.1) is 11.7 Å². The second-order valence-corrected chi connectivity index (χ2v) is 7.35. The Hall–Kier alpha value is -2.61.